The van der Waals surface area contributed by atoms with Crippen LogP contribution in [0.3, 0.4) is 0 Å². The van der Waals surface area contributed by atoms with Crippen molar-refractivity contribution in [1.29, 1.82) is 0 Å². The van der Waals surface area contributed by atoms with Gasteiger partial charge in [0.25, 0.3) is 0 Å². The molecule has 1 heterocycles. The van der Waals surface area contributed by atoms with Gasteiger partial charge in [0, 0.05) is 26.3 Å². The largest absolute Gasteiger partial charge is 0.478 e. The third-order valence-electron chi connectivity index (χ3n) is 3.31. The summed E-state index contributed by atoms with van der Waals surface area (Å²) >= 11 is 0. The molecule has 1 aliphatic rings. The highest BCUT2D eigenvalue weighted by Gasteiger charge is 2.24. The SMILES string of the molecule is CN(c1c(F)cccc1C(=O)O)C1CCOCC1. The predicted molar refractivity (Wildman–Crippen MR) is 65.6 cm³/mol. The average Bonchev–Trinajstić information content (AvgIpc) is 2.38. The summed E-state index contributed by atoms with van der Waals surface area (Å²) in [5, 5.41) is 9.12. The number of anilines is 1. The first-order valence-electron chi connectivity index (χ1n) is 5.93. The number of hydrogen-bond donors (Lipinski definition) is 1. The summed E-state index contributed by atoms with van der Waals surface area (Å²) in [6, 6.07) is 4.25. The highest BCUT2D eigenvalue weighted by molar-refractivity contribution is 5.94. The number of nitrogens with zero attached hydrogens (tertiary/aromatic N) is 1. The van der Waals surface area contributed by atoms with Crippen LogP contribution in [0.25, 0.3) is 0 Å². The third kappa shape index (κ3) is 2.46. The normalized spacial score (nSPS) is 16.6. The van der Waals surface area contributed by atoms with Crippen LogP contribution in [0, 0.1) is 5.82 Å². The Kier molecular flexibility index (Phi) is 3.81. The monoisotopic (exact) mass is 253 g/mol. The lowest BCUT2D eigenvalue weighted by Gasteiger charge is -2.33. The minimum atomic E-state index is -1.11. The Hall–Kier alpha value is -1.62. The lowest BCUT2D eigenvalue weighted by molar-refractivity contribution is 0.0696. The molecule has 1 N–H and O–H groups in total. The van der Waals surface area contributed by atoms with Crippen LogP contribution < -0.4 is 4.90 Å². The molecule has 0 saturated carbocycles. The smallest absolute Gasteiger partial charge is 0.337 e. The molecule has 1 fully saturated rings. The van der Waals surface area contributed by atoms with Gasteiger partial charge in [0.1, 0.15) is 5.82 Å². The number of carboxylic acid groups (broad SMARTS) is 1. The van der Waals surface area contributed by atoms with Gasteiger partial charge in [0.05, 0.1) is 11.3 Å². The Balaban J connectivity index is 2.33. The molecule has 2 rings (SSSR count). The first-order valence-corrected chi connectivity index (χ1v) is 5.93. The number of halogens is 1. The van der Waals surface area contributed by atoms with E-state index in [1.807, 2.05) is 0 Å². The van der Waals surface area contributed by atoms with E-state index in [1.54, 1.807) is 11.9 Å². The van der Waals surface area contributed by atoms with E-state index in [0.29, 0.717) is 13.2 Å². The fraction of sp³-hybridized carbons (Fsp3) is 0.462. The first kappa shape index (κ1) is 12.8. The summed E-state index contributed by atoms with van der Waals surface area (Å²) in [5.74, 6) is -1.60. The molecule has 5 heteroatoms. The second-order valence-corrected chi connectivity index (χ2v) is 4.40. The van der Waals surface area contributed by atoms with Crippen LogP contribution in [0.15, 0.2) is 18.2 Å². The molecule has 1 saturated heterocycles. The van der Waals surface area contributed by atoms with E-state index < -0.39 is 11.8 Å². The predicted octanol–water partition coefficient (Wildman–Crippen LogP) is 2.14. The van der Waals surface area contributed by atoms with E-state index >= 15 is 0 Å². The Labute approximate surface area is 105 Å². The van der Waals surface area contributed by atoms with Gasteiger partial charge in [0.2, 0.25) is 0 Å². The standard InChI is InChI=1S/C13H16FNO3/c1-15(9-5-7-18-8-6-9)12-10(13(16)17)3-2-4-11(12)14/h2-4,9H,5-8H2,1H3,(H,16,17). The van der Waals surface area contributed by atoms with Crippen LogP contribution in [0.1, 0.15) is 23.2 Å². The number of para-hydroxylation sites is 1. The van der Waals surface area contributed by atoms with Crippen molar-refractivity contribution >= 4 is 11.7 Å². The lowest BCUT2D eigenvalue weighted by Crippen LogP contribution is -2.38. The lowest BCUT2D eigenvalue weighted by atomic mass is 10.0. The van der Waals surface area contributed by atoms with Crippen molar-refractivity contribution in [3.8, 4) is 0 Å². The number of carbonyl (C=O) groups is 1. The van der Waals surface area contributed by atoms with Crippen LogP contribution >= 0.6 is 0 Å². The van der Waals surface area contributed by atoms with E-state index in [0.717, 1.165) is 12.8 Å². The maximum absolute atomic E-state index is 13.9. The second kappa shape index (κ2) is 5.35. The maximum atomic E-state index is 13.9. The summed E-state index contributed by atoms with van der Waals surface area (Å²) in [5.41, 5.74) is 0.167. The zero-order valence-electron chi connectivity index (χ0n) is 10.2. The molecule has 4 nitrogen and oxygen atoms in total. The van der Waals surface area contributed by atoms with Crippen LogP contribution in [0.5, 0.6) is 0 Å². The quantitative estimate of drug-likeness (QED) is 0.896. The number of benzene rings is 1. The highest BCUT2D eigenvalue weighted by Crippen LogP contribution is 2.28. The first-order chi connectivity index (χ1) is 8.61. The molecule has 0 amide bonds. The fourth-order valence-electron chi connectivity index (χ4n) is 2.30. The zero-order chi connectivity index (χ0) is 13.1. The van der Waals surface area contributed by atoms with Crippen molar-refractivity contribution in [2.24, 2.45) is 0 Å². The van der Waals surface area contributed by atoms with Gasteiger partial charge in [-0.3, -0.25) is 0 Å². The van der Waals surface area contributed by atoms with Gasteiger partial charge in [-0.25, -0.2) is 9.18 Å². The van der Waals surface area contributed by atoms with E-state index in [9.17, 15) is 9.18 Å². The number of aromatic carboxylic acids is 1. The highest BCUT2D eigenvalue weighted by atomic mass is 19.1. The van der Waals surface area contributed by atoms with Gasteiger partial charge in [0.15, 0.2) is 0 Å². The zero-order valence-corrected chi connectivity index (χ0v) is 10.2. The second-order valence-electron chi connectivity index (χ2n) is 4.40. The molecular weight excluding hydrogens is 237 g/mol. The van der Waals surface area contributed by atoms with Crippen LogP contribution in [-0.4, -0.2) is 37.4 Å². The maximum Gasteiger partial charge on any atom is 0.337 e. The van der Waals surface area contributed by atoms with Crippen molar-refractivity contribution in [2.75, 3.05) is 25.2 Å². The number of hydrogen-bond acceptors (Lipinski definition) is 3. The summed E-state index contributed by atoms with van der Waals surface area (Å²) in [7, 11) is 1.74. The van der Waals surface area contributed by atoms with E-state index in [4.69, 9.17) is 9.84 Å². The van der Waals surface area contributed by atoms with E-state index in [-0.39, 0.29) is 17.3 Å². The molecule has 1 aliphatic heterocycles. The van der Waals surface area contributed by atoms with Crippen molar-refractivity contribution in [3.63, 3.8) is 0 Å². The summed E-state index contributed by atoms with van der Waals surface area (Å²) in [6.07, 6.45) is 1.56. The van der Waals surface area contributed by atoms with Crippen LogP contribution in [0.2, 0.25) is 0 Å². The Morgan fingerprint density at radius 3 is 2.72 bits per heavy atom. The molecular formula is C13H16FNO3. The van der Waals surface area contributed by atoms with Crippen molar-refractivity contribution in [2.45, 2.75) is 18.9 Å². The molecule has 1 aromatic rings. The molecule has 0 aliphatic carbocycles. The average molecular weight is 253 g/mol. The van der Waals surface area contributed by atoms with Gasteiger partial charge < -0.3 is 14.7 Å². The summed E-state index contributed by atoms with van der Waals surface area (Å²) < 4.78 is 19.1. The van der Waals surface area contributed by atoms with E-state index in [2.05, 4.69) is 0 Å². The van der Waals surface area contributed by atoms with Gasteiger partial charge >= 0.3 is 5.97 Å². The molecule has 0 bridgehead atoms. The molecule has 0 atom stereocenters. The van der Waals surface area contributed by atoms with Crippen molar-refractivity contribution < 1.29 is 19.0 Å². The minimum Gasteiger partial charge on any atom is -0.478 e. The molecule has 0 aromatic heterocycles. The summed E-state index contributed by atoms with van der Waals surface area (Å²) in [6.45, 7) is 1.26. The molecule has 0 radical (unpaired) electrons. The summed E-state index contributed by atoms with van der Waals surface area (Å²) in [4.78, 5) is 12.9. The molecule has 0 unspecified atom stereocenters. The molecule has 0 spiro atoms. The Morgan fingerprint density at radius 2 is 2.11 bits per heavy atom. The van der Waals surface area contributed by atoms with E-state index in [1.165, 1.54) is 18.2 Å². The molecule has 18 heavy (non-hydrogen) atoms. The van der Waals surface area contributed by atoms with Gasteiger partial charge in [-0.05, 0) is 25.0 Å². The van der Waals surface area contributed by atoms with Gasteiger partial charge in [-0.1, -0.05) is 6.07 Å². The van der Waals surface area contributed by atoms with Gasteiger partial charge in [-0.15, -0.1) is 0 Å². The Morgan fingerprint density at radius 1 is 1.44 bits per heavy atom. The van der Waals surface area contributed by atoms with Crippen LogP contribution in [-0.2, 0) is 4.74 Å². The number of carboxylic acids is 1. The van der Waals surface area contributed by atoms with Crippen molar-refractivity contribution in [3.05, 3.63) is 29.6 Å². The minimum absolute atomic E-state index is 0.00370. The van der Waals surface area contributed by atoms with Gasteiger partial charge in [-0.2, -0.15) is 0 Å². The number of ether oxygens (including phenoxy) is 1. The third-order valence-corrected chi connectivity index (χ3v) is 3.31. The molecule has 1 aromatic carbocycles. The molecule has 98 valence electrons. The fourth-order valence-corrected chi connectivity index (χ4v) is 2.30. The topological polar surface area (TPSA) is 49.8 Å². The number of rotatable bonds is 3. The Bertz CT molecular complexity index is 444. The van der Waals surface area contributed by atoms with Crippen LogP contribution in [0.4, 0.5) is 10.1 Å². The van der Waals surface area contributed by atoms with Crippen molar-refractivity contribution in [1.82, 2.24) is 0 Å².